The topological polar surface area (TPSA) is 73.7 Å². The maximum Gasteiger partial charge on any atom is 0.254 e. The van der Waals surface area contributed by atoms with Gasteiger partial charge in [-0.1, -0.05) is 0 Å². The molecule has 122 valence electrons. The summed E-state index contributed by atoms with van der Waals surface area (Å²) in [5, 5.41) is 18.7. The van der Waals surface area contributed by atoms with Gasteiger partial charge >= 0.3 is 0 Å². The predicted molar refractivity (Wildman–Crippen MR) is 83.8 cm³/mol. The zero-order valence-electron chi connectivity index (χ0n) is 12.7. The van der Waals surface area contributed by atoms with Crippen molar-refractivity contribution in [2.75, 3.05) is 26.3 Å². The molecule has 0 spiro atoms. The average Bonchev–Trinajstić information content (AvgIpc) is 3.38. The Bertz CT molecular complexity index is 725. The molecule has 1 heterocycles. The van der Waals surface area contributed by atoms with Gasteiger partial charge < -0.3 is 15.1 Å². The monoisotopic (exact) mass is 318 g/mol. The predicted octanol–water partition coefficient (Wildman–Crippen LogP) is 1.68. The number of halogens is 1. The van der Waals surface area contributed by atoms with Crippen molar-refractivity contribution in [3.63, 3.8) is 0 Å². The van der Waals surface area contributed by atoms with E-state index in [1.54, 1.807) is 12.1 Å². The highest BCUT2D eigenvalue weighted by molar-refractivity contribution is 6.06. The third-order valence-electron chi connectivity index (χ3n) is 4.04. The molecule has 0 aliphatic heterocycles. The summed E-state index contributed by atoms with van der Waals surface area (Å²) >= 11 is 0. The lowest BCUT2D eigenvalue weighted by Gasteiger charge is -2.22. The van der Waals surface area contributed by atoms with E-state index in [0.29, 0.717) is 22.4 Å². The van der Waals surface area contributed by atoms with E-state index in [9.17, 15) is 9.18 Å². The van der Waals surface area contributed by atoms with Crippen LogP contribution >= 0.6 is 0 Å². The van der Waals surface area contributed by atoms with E-state index >= 15 is 0 Å². The lowest BCUT2D eigenvalue weighted by molar-refractivity contribution is 0.0686. The number of benzene rings is 1. The zero-order valence-corrected chi connectivity index (χ0v) is 12.7. The van der Waals surface area contributed by atoms with Crippen molar-refractivity contribution in [1.82, 2.24) is 9.88 Å². The molecule has 1 aromatic heterocycles. The normalized spacial score (nSPS) is 14.2. The van der Waals surface area contributed by atoms with Crippen molar-refractivity contribution >= 4 is 16.8 Å². The van der Waals surface area contributed by atoms with Crippen LogP contribution in [0, 0.1) is 5.82 Å². The molecular formula is C17H19FN2O3. The van der Waals surface area contributed by atoms with Crippen LogP contribution in [0.3, 0.4) is 0 Å². The van der Waals surface area contributed by atoms with Gasteiger partial charge in [0.05, 0.1) is 24.3 Å². The van der Waals surface area contributed by atoms with Crippen LogP contribution in [0.5, 0.6) is 0 Å². The standard InChI is InChI=1S/C17H19FN2O3/c18-12-3-4-15-13(9-12)14(10-16(19-15)11-1-2-11)17(23)20(5-7-21)6-8-22/h3-4,9-11,21-22H,1-2,5-8H2. The van der Waals surface area contributed by atoms with E-state index in [0.717, 1.165) is 18.5 Å². The molecule has 1 aliphatic carbocycles. The van der Waals surface area contributed by atoms with E-state index < -0.39 is 5.82 Å². The number of rotatable bonds is 6. The molecule has 0 atom stereocenters. The third-order valence-corrected chi connectivity index (χ3v) is 4.04. The Hall–Kier alpha value is -2.05. The number of amides is 1. The van der Waals surface area contributed by atoms with Gasteiger partial charge in [0.2, 0.25) is 0 Å². The van der Waals surface area contributed by atoms with E-state index in [1.807, 2.05) is 0 Å². The highest BCUT2D eigenvalue weighted by atomic mass is 19.1. The molecule has 1 aliphatic rings. The minimum absolute atomic E-state index is 0.122. The van der Waals surface area contributed by atoms with Crippen molar-refractivity contribution in [2.45, 2.75) is 18.8 Å². The summed E-state index contributed by atoms with van der Waals surface area (Å²) in [4.78, 5) is 18.7. The Morgan fingerprint density at radius 2 is 1.91 bits per heavy atom. The van der Waals surface area contributed by atoms with E-state index in [1.165, 1.54) is 17.0 Å². The first-order valence-electron chi connectivity index (χ1n) is 7.75. The Morgan fingerprint density at radius 1 is 1.22 bits per heavy atom. The van der Waals surface area contributed by atoms with Crippen molar-refractivity contribution in [3.05, 3.63) is 41.3 Å². The molecule has 1 aromatic carbocycles. The zero-order chi connectivity index (χ0) is 16.4. The van der Waals surface area contributed by atoms with Crippen LogP contribution in [-0.2, 0) is 0 Å². The first kappa shape index (κ1) is 15.8. The Morgan fingerprint density at radius 3 is 2.52 bits per heavy atom. The molecule has 0 saturated heterocycles. The largest absolute Gasteiger partial charge is 0.395 e. The number of hydrogen-bond donors (Lipinski definition) is 2. The molecule has 1 amide bonds. The Kier molecular flexibility index (Phi) is 4.54. The van der Waals surface area contributed by atoms with Crippen LogP contribution in [0.15, 0.2) is 24.3 Å². The minimum atomic E-state index is -0.427. The summed E-state index contributed by atoms with van der Waals surface area (Å²) in [5.74, 6) is -0.392. The van der Waals surface area contributed by atoms with Gasteiger partial charge in [-0.2, -0.15) is 0 Å². The molecule has 0 unspecified atom stereocenters. The molecule has 1 fully saturated rings. The van der Waals surface area contributed by atoms with Gasteiger partial charge in [0.1, 0.15) is 5.82 Å². The number of nitrogens with zero attached hydrogens (tertiary/aromatic N) is 2. The number of hydrogen-bond acceptors (Lipinski definition) is 4. The average molecular weight is 318 g/mol. The van der Waals surface area contributed by atoms with Crippen molar-refractivity contribution in [3.8, 4) is 0 Å². The molecule has 2 aromatic rings. The minimum Gasteiger partial charge on any atom is -0.395 e. The van der Waals surface area contributed by atoms with E-state index in [-0.39, 0.29) is 32.2 Å². The van der Waals surface area contributed by atoms with Gasteiger partial charge in [-0.25, -0.2) is 4.39 Å². The fourth-order valence-electron chi connectivity index (χ4n) is 2.71. The maximum atomic E-state index is 13.6. The second-order valence-electron chi connectivity index (χ2n) is 5.77. The van der Waals surface area contributed by atoms with E-state index in [4.69, 9.17) is 10.2 Å². The van der Waals surface area contributed by atoms with E-state index in [2.05, 4.69) is 4.98 Å². The highest BCUT2D eigenvalue weighted by Gasteiger charge is 2.28. The smallest absolute Gasteiger partial charge is 0.254 e. The Labute approximate surface area is 133 Å². The Balaban J connectivity index is 2.09. The second kappa shape index (κ2) is 6.60. The number of aliphatic hydroxyl groups is 2. The lowest BCUT2D eigenvalue weighted by atomic mass is 10.0. The second-order valence-corrected chi connectivity index (χ2v) is 5.77. The number of aliphatic hydroxyl groups excluding tert-OH is 2. The first-order chi connectivity index (χ1) is 11.1. The number of carbonyl (C=O) groups excluding carboxylic acids is 1. The van der Waals surface area contributed by atoms with Crippen LogP contribution in [-0.4, -0.2) is 52.3 Å². The molecule has 2 N–H and O–H groups in total. The summed E-state index contributed by atoms with van der Waals surface area (Å²) in [6.45, 7) is -0.147. The maximum absolute atomic E-state index is 13.6. The highest BCUT2D eigenvalue weighted by Crippen LogP contribution is 2.40. The van der Waals surface area contributed by atoms with Gasteiger partial charge in [-0.05, 0) is 37.1 Å². The van der Waals surface area contributed by atoms with Crippen LogP contribution in [0.2, 0.25) is 0 Å². The molecule has 5 nitrogen and oxygen atoms in total. The van der Waals surface area contributed by atoms with Gasteiger partial charge in [0.25, 0.3) is 5.91 Å². The SMILES string of the molecule is O=C(c1cc(C2CC2)nc2ccc(F)cc12)N(CCO)CCO. The lowest BCUT2D eigenvalue weighted by Crippen LogP contribution is -2.36. The number of pyridine rings is 1. The summed E-state index contributed by atoms with van der Waals surface area (Å²) < 4.78 is 13.6. The first-order valence-corrected chi connectivity index (χ1v) is 7.75. The molecule has 3 rings (SSSR count). The molecule has 0 radical (unpaired) electrons. The van der Waals surface area contributed by atoms with Crippen molar-refractivity contribution in [2.24, 2.45) is 0 Å². The number of aromatic nitrogens is 1. The van der Waals surface area contributed by atoms with Crippen LogP contribution in [0.4, 0.5) is 4.39 Å². The van der Waals surface area contributed by atoms with Crippen molar-refractivity contribution < 1.29 is 19.4 Å². The third kappa shape index (κ3) is 3.33. The van der Waals surface area contributed by atoms with Gasteiger partial charge in [0.15, 0.2) is 0 Å². The number of carbonyl (C=O) groups is 1. The quantitative estimate of drug-likeness (QED) is 0.850. The number of fused-ring (bicyclic) bond motifs is 1. The van der Waals surface area contributed by atoms with Crippen LogP contribution < -0.4 is 0 Å². The summed E-state index contributed by atoms with van der Waals surface area (Å²) in [5.41, 5.74) is 1.81. The molecule has 6 heteroatoms. The van der Waals surface area contributed by atoms with Gasteiger partial charge in [-0.15, -0.1) is 0 Å². The van der Waals surface area contributed by atoms with Crippen LogP contribution in [0.1, 0.15) is 34.8 Å². The fourth-order valence-corrected chi connectivity index (χ4v) is 2.71. The fraction of sp³-hybridized carbons (Fsp3) is 0.412. The summed E-state index contributed by atoms with van der Waals surface area (Å²) in [6.07, 6.45) is 2.09. The molecule has 0 bridgehead atoms. The summed E-state index contributed by atoms with van der Waals surface area (Å²) in [7, 11) is 0. The summed E-state index contributed by atoms with van der Waals surface area (Å²) in [6, 6.07) is 5.95. The van der Waals surface area contributed by atoms with Gasteiger partial charge in [-0.3, -0.25) is 9.78 Å². The van der Waals surface area contributed by atoms with Crippen LogP contribution in [0.25, 0.3) is 10.9 Å². The molecule has 23 heavy (non-hydrogen) atoms. The molecular weight excluding hydrogens is 299 g/mol. The molecule has 1 saturated carbocycles. The van der Waals surface area contributed by atoms with Crippen molar-refractivity contribution in [1.29, 1.82) is 0 Å². The van der Waals surface area contributed by atoms with Gasteiger partial charge in [0, 0.05) is 30.1 Å².